The summed E-state index contributed by atoms with van der Waals surface area (Å²) in [7, 11) is 0. The molecule has 0 N–H and O–H groups in total. The Bertz CT molecular complexity index is 407. The first-order valence-corrected chi connectivity index (χ1v) is 4.24. The zero-order valence-corrected chi connectivity index (χ0v) is 7.73. The van der Waals surface area contributed by atoms with E-state index in [0.29, 0.717) is 5.02 Å². The van der Waals surface area contributed by atoms with Gasteiger partial charge in [-0.15, -0.1) is 0 Å². The summed E-state index contributed by atoms with van der Waals surface area (Å²) < 4.78 is 0. The summed E-state index contributed by atoms with van der Waals surface area (Å²) in [6.07, 6.45) is 3.80. The van der Waals surface area contributed by atoms with E-state index in [2.05, 4.69) is 4.98 Å². The lowest BCUT2D eigenvalue weighted by molar-refractivity contribution is -0.120. The summed E-state index contributed by atoms with van der Waals surface area (Å²) in [6, 6.07) is 3.09. The monoisotopic (exact) mass is 208 g/mol. The first-order chi connectivity index (χ1) is 6.68. The van der Waals surface area contributed by atoms with Crippen LogP contribution in [0.15, 0.2) is 30.5 Å². The van der Waals surface area contributed by atoms with E-state index < -0.39 is 0 Å². The van der Waals surface area contributed by atoms with Crippen molar-refractivity contribution in [2.45, 2.75) is 0 Å². The molecule has 0 aliphatic carbocycles. The van der Waals surface area contributed by atoms with Gasteiger partial charge in [-0.05, 0) is 12.1 Å². The number of pyridine rings is 1. The Morgan fingerprint density at radius 2 is 1.79 bits per heavy atom. The second kappa shape index (κ2) is 3.23. The van der Waals surface area contributed by atoms with E-state index in [1.54, 1.807) is 6.07 Å². The number of carbonyl (C=O) groups is 2. The summed E-state index contributed by atoms with van der Waals surface area (Å²) in [5, 5.41) is 0.459. The highest BCUT2D eigenvalue weighted by Crippen LogP contribution is 2.17. The van der Waals surface area contributed by atoms with Crippen LogP contribution in [0.1, 0.15) is 0 Å². The highest BCUT2D eigenvalue weighted by molar-refractivity contribution is 6.31. The molecule has 1 aromatic rings. The number of carbonyl (C=O) groups excluding carboxylic acids is 2. The molecule has 4 nitrogen and oxygen atoms in total. The Morgan fingerprint density at radius 1 is 1.14 bits per heavy atom. The van der Waals surface area contributed by atoms with Gasteiger partial charge in [-0.25, -0.2) is 9.88 Å². The maximum Gasteiger partial charge on any atom is 0.259 e. The van der Waals surface area contributed by atoms with Gasteiger partial charge >= 0.3 is 0 Å². The predicted octanol–water partition coefficient (Wildman–Crippen LogP) is 1.16. The first kappa shape index (κ1) is 8.90. The predicted molar refractivity (Wildman–Crippen MR) is 50.9 cm³/mol. The van der Waals surface area contributed by atoms with Crippen molar-refractivity contribution in [1.29, 1.82) is 0 Å². The number of imide groups is 1. The summed E-state index contributed by atoms with van der Waals surface area (Å²) in [5.41, 5.74) is 0. The summed E-state index contributed by atoms with van der Waals surface area (Å²) >= 11 is 5.62. The van der Waals surface area contributed by atoms with E-state index >= 15 is 0 Å². The van der Waals surface area contributed by atoms with Crippen molar-refractivity contribution in [1.82, 2.24) is 4.98 Å². The number of hydrogen-bond acceptors (Lipinski definition) is 3. The van der Waals surface area contributed by atoms with Gasteiger partial charge in [-0.2, -0.15) is 0 Å². The highest BCUT2D eigenvalue weighted by atomic mass is 35.5. The van der Waals surface area contributed by atoms with Crippen LogP contribution in [0.3, 0.4) is 0 Å². The molecule has 0 radical (unpaired) electrons. The van der Waals surface area contributed by atoms with Crippen LogP contribution >= 0.6 is 11.6 Å². The van der Waals surface area contributed by atoms with E-state index in [1.165, 1.54) is 24.4 Å². The van der Waals surface area contributed by atoms with Crippen molar-refractivity contribution >= 4 is 29.2 Å². The molecular formula is C9H5ClN2O2. The van der Waals surface area contributed by atoms with Gasteiger partial charge in [0, 0.05) is 18.3 Å². The second-order valence-electron chi connectivity index (χ2n) is 2.68. The van der Waals surface area contributed by atoms with Crippen LogP contribution in [0.25, 0.3) is 0 Å². The molecule has 1 aliphatic heterocycles. The third kappa shape index (κ3) is 1.40. The topological polar surface area (TPSA) is 50.3 Å². The fraction of sp³-hybridized carbons (Fsp3) is 0. The van der Waals surface area contributed by atoms with Crippen LogP contribution < -0.4 is 4.90 Å². The van der Waals surface area contributed by atoms with Crippen molar-refractivity contribution in [3.05, 3.63) is 35.5 Å². The van der Waals surface area contributed by atoms with Crippen LogP contribution in [-0.2, 0) is 9.59 Å². The van der Waals surface area contributed by atoms with Crippen LogP contribution in [0.2, 0.25) is 5.02 Å². The van der Waals surface area contributed by atoms with Crippen LogP contribution in [0.5, 0.6) is 0 Å². The molecule has 70 valence electrons. The average Bonchev–Trinajstić information content (AvgIpc) is 2.49. The zero-order chi connectivity index (χ0) is 10.1. The van der Waals surface area contributed by atoms with Crippen molar-refractivity contribution < 1.29 is 9.59 Å². The minimum absolute atomic E-state index is 0.286. The normalized spacial score (nSPS) is 15.4. The van der Waals surface area contributed by atoms with Gasteiger partial charge in [0.1, 0.15) is 5.82 Å². The first-order valence-electron chi connectivity index (χ1n) is 3.86. The molecule has 2 rings (SSSR count). The minimum atomic E-state index is -0.384. The summed E-state index contributed by atoms with van der Waals surface area (Å²) in [6.45, 7) is 0. The molecule has 2 amide bonds. The second-order valence-corrected chi connectivity index (χ2v) is 3.12. The number of anilines is 1. The molecule has 0 spiro atoms. The van der Waals surface area contributed by atoms with Gasteiger partial charge in [0.05, 0.1) is 5.02 Å². The third-order valence-corrected chi connectivity index (χ3v) is 1.97. The van der Waals surface area contributed by atoms with Crippen LogP contribution in [0, 0.1) is 0 Å². The van der Waals surface area contributed by atoms with Gasteiger partial charge in [-0.1, -0.05) is 11.6 Å². The molecule has 5 heteroatoms. The molecule has 0 bridgehead atoms. The largest absolute Gasteiger partial charge is 0.269 e. The Hall–Kier alpha value is -1.68. The number of hydrogen-bond donors (Lipinski definition) is 0. The Morgan fingerprint density at radius 3 is 2.29 bits per heavy atom. The third-order valence-electron chi connectivity index (χ3n) is 1.75. The number of amides is 2. The van der Waals surface area contributed by atoms with E-state index in [9.17, 15) is 9.59 Å². The minimum Gasteiger partial charge on any atom is -0.269 e. The van der Waals surface area contributed by atoms with Crippen LogP contribution in [-0.4, -0.2) is 16.8 Å². The molecule has 2 heterocycles. The van der Waals surface area contributed by atoms with Crippen molar-refractivity contribution in [2.24, 2.45) is 0 Å². The molecule has 1 aliphatic rings. The molecule has 0 fully saturated rings. The van der Waals surface area contributed by atoms with Crippen molar-refractivity contribution in [2.75, 3.05) is 4.90 Å². The highest BCUT2D eigenvalue weighted by Gasteiger charge is 2.25. The summed E-state index contributed by atoms with van der Waals surface area (Å²) in [5.74, 6) is -0.482. The van der Waals surface area contributed by atoms with Gasteiger partial charge in [0.15, 0.2) is 0 Å². The molecular weight excluding hydrogens is 204 g/mol. The average molecular weight is 209 g/mol. The van der Waals surface area contributed by atoms with E-state index in [-0.39, 0.29) is 17.6 Å². The lowest BCUT2D eigenvalue weighted by Crippen LogP contribution is -2.30. The molecule has 0 saturated carbocycles. The van der Waals surface area contributed by atoms with Crippen molar-refractivity contribution in [3.63, 3.8) is 0 Å². The number of rotatable bonds is 1. The number of halogens is 1. The quantitative estimate of drug-likeness (QED) is 0.651. The van der Waals surface area contributed by atoms with Gasteiger partial charge < -0.3 is 0 Å². The molecule has 14 heavy (non-hydrogen) atoms. The smallest absolute Gasteiger partial charge is 0.259 e. The van der Waals surface area contributed by atoms with E-state index in [4.69, 9.17) is 11.6 Å². The maximum atomic E-state index is 11.2. The Kier molecular flexibility index (Phi) is 2.05. The molecule has 0 aromatic carbocycles. The Labute approximate surface area is 84.8 Å². The van der Waals surface area contributed by atoms with Gasteiger partial charge in [-0.3, -0.25) is 9.59 Å². The maximum absolute atomic E-state index is 11.2. The van der Waals surface area contributed by atoms with Gasteiger partial charge in [0.2, 0.25) is 0 Å². The SMILES string of the molecule is O=C1C=CC(=O)N1c1ccc(Cl)cn1. The number of nitrogens with zero attached hydrogens (tertiary/aromatic N) is 2. The molecule has 1 aromatic heterocycles. The standard InChI is InChI=1S/C9H5ClN2O2/c10-6-1-2-7(11-5-6)12-8(13)3-4-9(12)14/h1-5H. The van der Waals surface area contributed by atoms with E-state index in [1.807, 2.05) is 0 Å². The zero-order valence-electron chi connectivity index (χ0n) is 6.98. The molecule has 0 saturated heterocycles. The lowest BCUT2D eigenvalue weighted by atomic mass is 10.4. The molecule has 0 unspecified atom stereocenters. The van der Waals surface area contributed by atoms with Crippen molar-refractivity contribution in [3.8, 4) is 0 Å². The lowest BCUT2D eigenvalue weighted by Gasteiger charge is -2.11. The Balaban J connectivity index is 2.36. The fourth-order valence-electron chi connectivity index (χ4n) is 1.13. The van der Waals surface area contributed by atoms with E-state index in [0.717, 1.165) is 4.90 Å². The summed E-state index contributed by atoms with van der Waals surface area (Å²) in [4.78, 5) is 27.3. The van der Waals surface area contributed by atoms with Gasteiger partial charge in [0.25, 0.3) is 11.8 Å². The molecule has 0 atom stereocenters. The van der Waals surface area contributed by atoms with Crippen LogP contribution in [0.4, 0.5) is 5.82 Å². The fourth-order valence-corrected chi connectivity index (χ4v) is 1.24. The number of aromatic nitrogens is 1.